The number of halogens is 2. The van der Waals surface area contributed by atoms with Crippen LogP contribution in [0.4, 0.5) is 0 Å². The smallest absolute Gasteiger partial charge is 0.183 e. The molecule has 17 heavy (non-hydrogen) atoms. The summed E-state index contributed by atoms with van der Waals surface area (Å²) in [5.41, 5.74) is -0.343. The lowest BCUT2D eigenvalue weighted by atomic mass is 10.0. The zero-order chi connectivity index (χ0) is 12.7. The second-order valence-electron chi connectivity index (χ2n) is 4.59. The molecule has 4 nitrogen and oxygen atoms in total. The molecular weight excluding hydrogens is 374 g/mol. The number of hydrogen-bond donors (Lipinski definition) is 1. The first kappa shape index (κ1) is 13.6. The highest BCUT2D eigenvalue weighted by atomic mass is 79.9. The Morgan fingerprint density at radius 1 is 1.53 bits per heavy atom. The van der Waals surface area contributed by atoms with Gasteiger partial charge in [-0.1, -0.05) is 0 Å². The molecular formula is C10H13Br2NO3S. The Labute approximate surface area is 117 Å². The van der Waals surface area contributed by atoms with Crippen LogP contribution in [0.15, 0.2) is 19.6 Å². The standard InChI is InChI=1S/C10H13Br2NO3S/c1-10(2-3-17(14,15)6-10)13-5-7-4-8(11)9(12)16-7/h4,13H,2-3,5-6H2,1H3. The SMILES string of the molecule is CC1(NCc2cc(Br)c(Br)o2)CCS(=O)(=O)C1. The van der Waals surface area contributed by atoms with Crippen LogP contribution in [0.5, 0.6) is 0 Å². The normalized spacial score (nSPS) is 27.5. The molecule has 1 aromatic rings. The van der Waals surface area contributed by atoms with Crippen molar-refractivity contribution in [3.05, 3.63) is 21.0 Å². The van der Waals surface area contributed by atoms with Crippen molar-refractivity contribution >= 4 is 41.7 Å². The fraction of sp³-hybridized carbons (Fsp3) is 0.600. The second-order valence-corrected chi connectivity index (χ2v) is 8.35. The van der Waals surface area contributed by atoms with Gasteiger partial charge in [-0.05, 0) is 51.3 Å². The zero-order valence-corrected chi connectivity index (χ0v) is 13.3. The third kappa shape index (κ3) is 3.33. The molecule has 1 aliphatic rings. The molecule has 0 spiro atoms. The summed E-state index contributed by atoms with van der Waals surface area (Å²) in [5, 5.41) is 3.26. The van der Waals surface area contributed by atoms with Crippen molar-refractivity contribution in [3.63, 3.8) is 0 Å². The van der Waals surface area contributed by atoms with E-state index in [1.54, 1.807) is 0 Å². The Balaban J connectivity index is 1.99. The molecule has 1 unspecified atom stereocenters. The van der Waals surface area contributed by atoms with Crippen molar-refractivity contribution in [1.29, 1.82) is 0 Å². The quantitative estimate of drug-likeness (QED) is 0.866. The fourth-order valence-corrected chi connectivity index (χ4v) is 4.71. The third-order valence-corrected chi connectivity index (χ3v) is 6.50. The van der Waals surface area contributed by atoms with E-state index in [2.05, 4.69) is 37.2 Å². The molecule has 1 N–H and O–H groups in total. The number of sulfone groups is 1. The van der Waals surface area contributed by atoms with Crippen LogP contribution in [0.1, 0.15) is 19.1 Å². The summed E-state index contributed by atoms with van der Waals surface area (Å²) >= 11 is 6.60. The molecule has 2 rings (SSSR count). The molecule has 0 amide bonds. The van der Waals surface area contributed by atoms with Crippen molar-refractivity contribution < 1.29 is 12.8 Å². The fourth-order valence-electron chi connectivity index (χ4n) is 1.93. The van der Waals surface area contributed by atoms with E-state index in [4.69, 9.17) is 4.42 Å². The predicted molar refractivity (Wildman–Crippen MR) is 72.6 cm³/mol. The van der Waals surface area contributed by atoms with Gasteiger partial charge in [0.2, 0.25) is 0 Å². The van der Waals surface area contributed by atoms with E-state index < -0.39 is 9.84 Å². The third-order valence-electron chi connectivity index (χ3n) is 2.89. The van der Waals surface area contributed by atoms with Gasteiger partial charge >= 0.3 is 0 Å². The summed E-state index contributed by atoms with van der Waals surface area (Å²) in [6.07, 6.45) is 0.651. The van der Waals surface area contributed by atoms with Crippen molar-refractivity contribution in [2.24, 2.45) is 0 Å². The maximum absolute atomic E-state index is 11.4. The highest BCUT2D eigenvalue weighted by molar-refractivity contribution is 9.13. The van der Waals surface area contributed by atoms with Gasteiger partial charge in [-0.25, -0.2) is 8.42 Å². The molecule has 96 valence electrons. The first-order valence-electron chi connectivity index (χ1n) is 5.19. The van der Waals surface area contributed by atoms with Gasteiger partial charge in [0.1, 0.15) is 5.76 Å². The zero-order valence-electron chi connectivity index (χ0n) is 9.29. The molecule has 1 atom stereocenters. The van der Waals surface area contributed by atoms with Gasteiger partial charge < -0.3 is 9.73 Å². The summed E-state index contributed by atoms with van der Waals surface area (Å²) in [5.74, 6) is 1.24. The average molecular weight is 387 g/mol. The van der Waals surface area contributed by atoms with Crippen LogP contribution in [0, 0.1) is 0 Å². The molecule has 2 heterocycles. The van der Waals surface area contributed by atoms with Gasteiger partial charge in [0.05, 0.1) is 22.5 Å². The van der Waals surface area contributed by atoms with Gasteiger partial charge in [-0.2, -0.15) is 0 Å². The highest BCUT2D eigenvalue weighted by Crippen LogP contribution is 2.28. The van der Waals surface area contributed by atoms with E-state index in [-0.39, 0.29) is 17.0 Å². The van der Waals surface area contributed by atoms with Gasteiger partial charge in [0, 0.05) is 5.54 Å². The Bertz CT molecular complexity index is 506. The monoisotopic (exact) mass is 385 g/mol. The molecule has 1 aliphatic heterocycles. The van der Waals surface area contributed by atoms with E-state index in [1.165, 1.54) is 0 Å². The molecule has 1 aromatic heterocycles. The summed E-state index contributed by atoms with van der Waals surface area (Å²) in [6, 6.07) is 1.86. The molecule has 1 saturated heterocycles. The van der Waals surface area contributed by atoms with Crippen molar-refractivity contribution in [1.82, 2.24) is 5.32 Å². The molecule has 0 radical (unpaired) electrons. The minimum absolute atomic E-state index is 0.197. The predicted octanol–water partition coefficient (Wildman–Crippen LogP) is 2.47. The molecule has 0 aliphatic carbocycles. The average Bonchev–Trinajstić information content (AvgIpc) is 2.66. The van der Waals surface area contributed by atoms with Crippen LogP contribution >= 0.6 is 31.9 Å². The lowest BCUT2D eigenvalue weighted by Gasteiger charge is -2.23. The Kier molecular flexibility index (Phi) is 3.74. The van der Waals surface area contributed by atoms with Gasteiger partial charge in [0.15, 0.2) is 14.5 Å². The Hall–Kier alpha value is 0.150. The lowest BCUT2D eigenvalue weighted by Crippen LogP contribution is -2.42. The van der Waals surface area contributed by atoms with Gasteiger partial charge in [0.25, 0.3) is 0 Å². The first-order chi connectivity index (χ1) is 7.80. The van der Waals surface area contributed by atoms with Crippen LogP contribution in [0.2, 0.25) is 0 Å². The molecule has 0 bridgehead atoms. The maximum atomic E-state index is 11.4. The number of hydrogen-bond acceptors (Lipinski definition) is 4. The van der Waals surface area contributed by atoms with Crippen molar-refractivity contribution in [3.8, 4) is 0 Å². The van der Waals surface area contributed by atoms with E-state index in [0.29, 0.717) is 17.6 Å². The Morgan fingerprint density at radius 2 is 2.24 bits per heavy atom. The number of rotatable bonds is 3. The van der Waals surface area contributed by atoms with Crippen LogP contribution in [-0.4, -0.2) is 25.5 Å². The largest absolute Gasteiger partial charge is 0.452 e. The van der Waals surface area contributed by atoms with Gasteiger partial charge in [-0.3, -0.25) is 0 Å². The lowest BCUT2D eigenvalue weighted by molar-refractivity contribution is 0.364. The van der Waals surface area contributed by atoms with Crippen LogP contribution in [0.3, 0.4) is 0 Å². The van der Waals surface area contributed by atoms with Crippen molar-refractivity contribution in [2.45, 2.75) is 25.4 Å². The van der Waals surface area contributed by atoms with Crippen LogP contribution in [0.25, 0.3) is 0 Å². The minimum Gasteiger partial charge on any atom is -0.452 e. The number of nitrogens with one attached hydrogen (secondary N) is 1. The number of furan rings is 1. The molecule has 0 aromatic carbocycles. The van der Waals surface area contributed by atoms with E-state index in [9.17, 15) is 8.42 Å². The minimum atomic E-state index is -2.87. The maximum Gasteiger partial charge on any atom is 0.183 e. The van der Waals surface area contributed by atoms with Gasteiger partial charge in [-0.15, -0.1) is 0 Å². The van der Waals surface area contributed by atoms with E-state index in [0.717, 1.165) is 10.2 Å². The van der Waals surface area contributed by atoms with Crippen molar-refractivity contribution in [2.75, 3.05) is 11.5 Å². The van der Waals surface area contributed by atoms with E-state index in [1.807, 2.05) is 13.0 Å². The topological polar surface area (TPSA) is 59.3 Å². The summed E-state index contributed by atoms with van der Waals surface area (Å²) in [4.78, 5) is 0. The van der Waals surface area contributed by atoms with Crippen LogP contribution in [-0.2, 0) is 16.4 Å². The Morgan fingerprint density at radius 3 is 2.71 bits per heavy atom. The molecule has 1 fully saturated rings. The van der Waals surface area contributed by atoms with Crippen LogP contribution < -0.4 is 5.32 Å². The molecule has 7 heteroatoms. The molecule has 0 saturated carbocycles. The highest BCUT2D eigenvalue weighted by Gasteiger charge is 2.37. The summed E-state index contributed by atoms with van der Waals surface area (Å²) < 4.78 is 29.8. The van der Waals surface area contributed by atoms with E-state index >= 15 is 0 Å². The summed E-state index contributed by atoms with van der Waals surface area (Å²) in [7, 11) is -2.87. The second kappa shape index (κ2) is 4.68. The summed E-state index contributed by atoms with van der Waals surface area (Å²) in [6.45, 7) is 2.46. The first-order valence-corrected chi connectivity index (χ1v) is 8.60.